The number of amides is 1. The van der Waals surface area contributed by atoms with E-state index in [0.717, 1.165) is 17.7 Å². The van der Waals surface area contributed by atoms with Crippen molar-refractivity contribution in [2.75, 3.05) is 13.6 Å². The Morgan fingerprint density at radius 1 is 1.29 bits per heavy atom. The summed E-state index contributed by atoms with van der Waals surface area (Å²) in [6, 6.07) is 5.45. The minimum Gasteiger partial charge on any atom is -0.480 e. The summed E-state index contributed by atoms with van der Waals surface area (Å²) in [5, 5.41) is 8.64. The number of hydrogen-bond donors (Lipinski definition) is 2. The van der Waals surface area contributed by atoms with E-state index in [1.54, 1.807) is 0 Å². The van der Waals surface area contributed by atoms with Crippen LogP contribution in [0.5, 0.6) is 0 Å². The molecule has 7 nitrogen and oxygen atoms in total. The van der Waals surface area contributed by atoms with Crippen molar-refractivity contribution in [2.24, 2.45) is 0 Å². The first-order chi connectivity index (χ1) is 9.79. The molecule has 8 heteroatoms. The Morgan fingerprint density at radius 2 is 1.86 bits per heavy atom. The molecule has 1 aromatic rings. The van der Waals surface area contributed by atoms with Crippen molar-refractivity contribution in [2.45, 2.75) is 23.8 Å². The Hall–Kier alpha value is -1.93. The number of rotatable bonds is 6. The van der Waals surface area contributed by atoms with Crippen molar-refractivity contribution in [3.63, 3.8) is 0 Å². The van der Waals surface area contributed by atoms with Crippen LogP contribution in [-0.2, 0) is 14.8 Å². The number of carboxylic acids is 1. The van der Waals surface area contributed by atoms with Gasteiger partial charge in [-0.1, -0.05) is 0 Å². The summed E-state index contributed by atoms with van der Waals surface area (Å²) >= 11 is 0. The molecule has 0 heterocycles. The standard InChI is InChI=1S/C13H16N2O5S/c1-15(8-12(16)17)13(18)9-2-6-11(7-3-9)21(19,20)14-10-4-5-10/h2-3,6-7,10,14H,4-5,8H2,1H3,(H,16,17). The second-order valence-corrected chi connectivity index (χ2v) is 6.69. The van der Waals surface area contributed by atoms with E-state index in [1.807, 2.05) is 0 Å². The molecule has 114 valence electrons. The molecule has 2 rings (SSSR count). The maximum absolute atomic E-state index is 12.0. The van der Waals surface area contributed by atoms with Crippen LogP contribution in [0.3, 0.4) is 0 Å². The van der Waals surface area contributed by atoms with Crippen molar-refractivity contribution < 1.29 is 23.1 Å². The second-order valence-electron chi connectivity index (χ2n) is 4.97. The number of carboxylic acid groups (broad SMARTS) is 1. The molecule has 1 aliphatic rings. The lowest BCUT2D eigenvalue weighted by Crippen LogP contribution is -2.32. The van der Waals surface area contributed by atoms with E-state index in [-0.39, 0.29) is 16.5 Å². The van der Waals surface area contributed by atoms with Crippen molar-refractivity contribution >= 4 is 21.9 Å². The Balaban J connectivity index is 2.11. The van der Waals surface area contributed by atoms with Gasteiger partial charge in [-0.05, 0) is 37.1 Å². The predicted molar refractivity (Wildman–Crippen MR) is 74.4 cm³/mol. The monoisotopic (exact) mass is 312 g/mol. The molecule has 1 saturated carbocycles. The zero-order valence-electron chi connectivity index (χ0n) is 11.4. The van der Waals surface area contributed by atoms with Gasteiger partial charge in [0.1, 0.15) is 6.54 Å². The van der Waals surface area contributed by atoms with E-state index < -0.39 is 28.4 Å². The summed E-state index contributed by atoms with van der Waals surface area (Å²) in [6.45, 7) is -0.415. The molecule has 0 saturated heterocycles. The first-order valence-corrected chi connectivity index (χ1v) is 7.87. The van der Waals surface area contributed by atoms with Crippen LogP contribution >= 0.6 is 0 Å². The van der Waals surface area contributed by atoms with Gasteiger partial charge in [-0.3, -0.25) is 9.59 Å². The summed E-state index contributed by atoms with van der Waals surface area (Å²) in [4.78, 5) is 23.6. The number of nitrogens with one attached hydrogen (secondary N) is 1. The van der Waals surface area contributed by atoms with E-state index >= 15 is 0 Å². The summed E-state index contributed by atoms with van der Waals surface area (Å²) in [6.07, 6.45) is 1.69. The summed E-state index contributed by atoms with van der Waals surface area (Å²) in [5.41, 5.74) is 0.240. The zero-order valence-corrected chi connectivity index (χ0v) is 12.3. The third-order valence-electron chi connectivity index (χ3n) is 3.03. The van der Waals surface area contributed by atoms with Gasteiger partial charge in [0.15, 0.2) is 0 Å². The van der Waals surface area contributed by atoms with Crippen molar-refractivity contribution in [1.82, 2.24) is 9.62 Å². The average molecular weight is 312 g/mol. The molecule has 1 aromatic carbocycles. The zero-order chi connectivity index (χ0) is 15.6. The minimum atomic E-state index is -3.55. The number of sulfonamides is 1. The highest BCUT2D eigenvalue weighted by atomic mass is 32.2. The van der Waals surface area contributed by atoms with E-state index in [2.05, 4.69) is 4.72 Å². The molecule has 2 N–H and O–H groups in total. The van der Waals surface area contributed by atoms with Crippen LogP contribution in [0.15, 0.2) is 29.2 Å². The van der Waals surface area contributed by atoms with Gasteiger partial charge in [-0.2, -0.15) is 0 Å². The number of carbonyl (C=O) groups excluding carboxylic acids is 1. The maximum Gasteiger partial charge on any atom is 0.323 e. The fourth-order valence-corrected chi connectivity index (χ4v) is 3.07. The summed E-state index contributed by atoms with van der Waals surface area (Å²) in [5.74, 6) is -1.59. The molecule has 0 unspecified atom stereocenters. The van der Waals surface area contributed by atoms with Crippen molar-refractivity contribution in [1.29, 1.82) is 0 Å². The van der Waals surface area contributed by atoms with Crippen LogP contribution in [0.4, 0.5) is 0 Å². The van der Waals surface area contributed by atoms with E-state index in [0.29, 0.717) is 0 Å². The van der Waals surface area contributed by atoms with E-state index in [4.69, 9.17) is 5.11 Å². The van der Waals surface area contributed by atoms with Crippen molar-refractivity contribution in [3.8, 4) is 0 Å². The second kappa shape index (κ2) is 5.82. The molecule has 0 aliphatic heterocycles. The van der Waals surface area contributed by atoms with Gasteiger partial charge in [0.25, 0.3) is 5.91 Å². The van der Waals surface area contributed by atoms with Crippen LogP contribution in [0.1, 0.15) is 23.2 Å². The number of aliphatic carboxylic acids is 1. The minimum absolute atomic E-state index is 0.0120. The first-order valence-electron chi connectivity index (χ1n) is 6.39. The fraction of sp³-hybridized carbons (Fsp3) is 0.385. The highest BCUT2D eigenvalue weighted by molar-refractivity contribution is 7.89. The molecule has 0 bridgehead atoms. The van der Waals surface area contributed by atoms with Gasteiger partial charge in [-0.25, -0.2) is 13.1 Å². The predicted octanol–water partition coefficient (Wildman–Crippen LogP) is 0.284. The Bertz CT molecular complexity index is 650. The number of hydrogen-bond acceptors (Lipinski definition) is 4. The topological polar surface area (TPSA) is 104 Å². The number of nitrogens with zero attached hydrogens (tertiary/aromatic N) is 1. The maximum atomic E-state index is 12.0. The fourth-order valence-electron chi connectivity index (χ4n) is 1.76. The number of likely N-dealkylation sites (N-methyl/N-ethyl adjacent to an activating group) is 1. The normalized spacial score (nSPS) is 14.7. The smallest absolute Gasteiger partial charge is 0.323 e. The lowest BCUT2D eigenvalue weighted by molar-refractivity contribution is -0.137. The van der Waals surface area contributed by atoms with Crippen molar-refractivity contribution in [3.05, 3.63) is 29.8 Å². The largest absolute Gasteiger partial charge is 0.480 e. The molecule has 1 amide bonds. The number of benzene rings is 1. The van der Waals surface area contributed by atoms with Crippen LogP contribution in [0.2, 0.25) is 0 Å². The van der Waals surface area contributed by atoms with Gasteiger partial charge < -0.3 is 10.0 Å². The van der Waals surface area contributed by atoms with Crippen LogP contribution in [-0.4, -0.2) is 49.9 Å². The molecular weight excluding hydrogens is 296 g/mol. The quantitative estimate of drug-likeness (QED) is 0.785. The molecule has 0 aromatic heterocycles. The third kappa shape index (κ3) is 4.02. The first kappa shape index (κ1) is 15.5. The summed E-state index contributed by atoms with van der Waals surface area (Å²) in [7, 11) is -2.18. The van der Waals surface area contributed by atoms with Gasteiger partial charge >= 0.3 is 5.97 Å². The average Bonchev–Trinajstić information content (AvgIpc) is 3.20. The Kier molecular flexibility index (Phi) is 4.29. The Morgan fingerprint density at radius 3 is 2.33 bits per heavy atom. The Labute approximate surface area is 122 Å². The SMILES string of the molecule is CN(CC(=O)O)C(=O)c1ccc(S(=O)(=O)NC2CC2)cc1. The molecule has 21 heavy (non-hydrogen) atoms. The van der Waals surface area contributed by atoms with E-state index in [1.165, 1.54) is 31.3 Å². The molecular formula is C13H16N2O5S. The lowest BCUT2D eigenvalue weighted by atomic mass is 10.2. The van der Waals surface area contributed by atoms with Crippen LogP contribution in [0.25, 0.3) is 0 Å². The molecule has 0 radical (unpaired) electrons. The van der Waals surface area contributed by atoms with Gasteiger partial charge in [-0.15, -0.1) is 0 Å². The molecule has 0 spiro atoms. The third-order valence-corrected chi connectivity index (χ3v) is 4.57. The highest BCUT2D eigenvalue weighted by Gasteiger charge is 2.28. The lowest BCUT2D eigenvalue weighted by Gasteiger charge is -2.14. The van der Waals surface area contributed by atoms with Gasteiger partial charge in [0.2, 0.25) is 10.0 Å². The highest BCUT2D eigenvalue weighted by Crippen LogP contribution is 2.22. The van der Waals surface area contributed by atoms with E-state index in [9.17, 15) is 18.0 Å². The van der Waals surface area contributed by atoms with Gasteiger partial charge in [0.05, 0.1) is 4.90 Å². The molecule has 1 fully saturated rings. The number of carbonyl (C=O) groups is 2. The van der Waals surface area contributed by atoms with Gasteiger partial charge in [0, 0.05) is 18.7 Å². The van der Waals surface area contributed by atoms with Crippen LogP contribution in [0, 0.1) is 0 Å². The summed E-state index contributed by atoms with van der Waals surface area (Å²) < 4.78 is 26.5. The molecule has 1 aliphatic carbocycles. The molecule has 0 atom stereocenters. The van der Waals surface area contributed by atoms with Crippen LogP contribution < -0.4 is 4.72 Å².